The van der Waals surface area contributed by atoms with E-state index < -0.39 is 0 Å². The van der Waals surface area contributed by atoms with Crippen LogP contribution in [0.3, 0.4) is 0 Å². The molecular formula is C24H13ClN2. The Morgan fingerprint density at radius 2 is 1.19 bits per heavy atom. The van der Waals surface area contributed by atoms with Crippen molar-refractivity contribution in [2.45, 2.75) is 0 Å². The van der Waals surface area contributed by atoms with E-state index >= 15 is 0 Å². The second-order valence-electron chi connectivity index (χ2n) is 6.82. The van der Waals surface area contributed by atoms with Crippen LogP contribution in [-0.4, -0.2) is 9.97 Å². The lowest BCUT2D eigenvalue weighted by atomic mass is 9.91. The number of hydrogen-bond donors (Lipinski definition) is 0. The molecule has 0 radical (unpaired) electrons. The molecule has 3 heteroatoms. The highest BCUT2D eigenvalue weighted by atomic mass is 35.5. The van der Waals surface area contributed by atoms with E-state index in [9.17, 15) is 0 Å². The maximum absolute atomic E-state index is 6.55. The van der Waals surface area contributed by atoms with Crippen molar-refractivity contribution in [1.82, 2.24) is 9.97 Å². The Kier molecular flexibility index (Phi) is 2.97. The van der Waals surface area contributed by atoms with E-state index in [4.69, 9.17) is 16.6 Å². The summed E-state index contributed by atoms with van der Waals surface area (Å²) in [6.07, 6.45) is 0. The van der Waals surface area contributed by atoms with Gasteiger partial charge in [-0.25, -0.2) is 9.97 Å². The van der Waals surface area contributed by atoms with E-state index in [0.717, 1.165) is 27.7 Å². The van der Waals surface area contributed by atoms with Crippen molar-refractivity contribution in [3.63, 3.8) is 0 Å². The molecule has 126 valence electrons. The quantitative estimate of drug-likeness (QED) is 0.298. The van der Waals surface area contributed by atoms with Crippen molar-refractivity contribution in [2.24, 2.45) is 0 Å². The van der Waals surface area contributed by atoms with E-state index in [1.54, 1.807) is 0 Å². The Bertz CT molecular complexity index is 1470. The molecule has 0 fully saturated rings. The van der Waals surface area contributed by atoms with Crippen molar-refractivity contribution in [3.8, 4) is 11.3 Å². The molecular weight excluding hydrogens is 352 g/mol. The van der Waals surface area contributed by atoms with Crippen molar-refractivity contribution < 1.29 is 0 Å². The highest BCUT2D eigenvalue weighted by Gasteiger charge is 2.15. The number of aromatic nitrogens is 2. The third-order valence-electron chi connectivity index (χ3n) is 5.31. The molecule has 0 bridgehead atoms. The fourth-order valence-electron chi connectivity index (χ4n) is 4.09. The van der Waals surface area contributed by atoms with Gasteiger partial charge >= 0.3 is 0 Å². The molecule has 0 amide bonds. The lowest BCUT2D eigenvalue weighted by molar-refractivity contribution is 1.30. The Hall–Kier alpha value is -3.23. The van der Waals surface area contributed by atoms with Crippen molar-refractivity contribution >= 4 is 55.0 Å². The first-order valence-electron chi connectivity index (χ1n) is 8.89. The second-order valence-corrected chi connectivity index (χ2v) is 7.18. The van der Waals surface area contributed by atoms with Crippen LogP contribution in [0.2, 0.25) is 5.15 Å². The van der Waals surface area contributed by atoms with Gasteiger partial charge in [0.05, 0.1) is 11.0 Å². The molecule has 0 saturated heterocycles. The lowest BCUT2D eigenvalue weighted by Gasteiger charge is -2.14. The summed E-state index contributed by atoms with van der Waals surface area (Å²) in [5.74, 6) is 0. The number of fused-ring (bicyclic) bond motifs is 1. The highest BCUT2D eigenvalue weighted by molar-refractivity contribution is 6.33. The van der Waals surface area contributed by atoms with Crippen LogP contribution in [0.4, 0.5) is 0 Å². The molecule has 0 unspecified atom stereocenters. The van der Waals surface area contributed by atoms with Gasteiger partial charge in [-0.15, -0.1) is 0 Å². The molecule has 5 aromatic carbocycles. The minimum absolute atomic E-state index is 0.434. The molecule has 1 aromatic heterocycles. The van der Waals surface area contributed by atoms with Crippen LogP contribution in [0.5, 0.6) is 0 Å². The zero-order chi connectivity index (χ0) is 18.0. The minimum Gasteiger partial charge on any atom is -0.243 e. The fourth-order valence-corrected chi connectivity index (χ4v) is 4.33. The van der Waals surface area contributed by atoms with Crippen molar-refractivity contribution in [1.29, 1.82) is 0 Å². The summed E-state index contributed by atoms with van der Waals surface area (Å²) in [6, 6.07) is 27.2. The molecule has 0 N–H and O–H groups in total. The Balaban J connectivity index is 1.77. The van der Waals surface area contributed by atoms with Crippen LogP contribution in [0.15, 0.2) is 78.9 Å². The minimum atomic E-state index is 0.434. The largest absolute Gasteiger partial charge is 0.243 e. The van der Waals surface area contributed by atoms with E-state index in [-0.39, 0.29) is 0 Å². The molecule has 0 aliphatic rings. The van der Waals surface area contributed by atoms with Crippen LogP contribution in [0, 0.1) is 0 Å². The van der Waals surface area contributed by atoms with E-state index in [0.29, 0.717) is 5.15 Å². The maximum Gasteiger partial charge on any atom is 0.156 e. The summed E-state index contributed by atoms with van der Waals surface area (Å²) in [5.41, 5.74) is 3.41. The first-order valence-corrected chi connectivity index (χ1v) is 9.26. The van der Waals surface area contributed by atoms with Crippen LogP contribution < -0.4 is 0 Å². The van der Waals surface area contributed by atoms with Crippen LogP contribution in [0.1, 0.15) is 0 Å². The average Bonchev–Trinajstić information content (AvgIpc) is 2.71. The van der Waals surface area contributed by atoms with Gasteiger partial charge in [-0.2, -0.15) is 0 Å². The zero-order valence-electron chi connectivity index (χ0n) is 14.3. The molecule has 0 atom stereocenters. The van der Waals surface area contributed by atoms with E-state index in [2.05, 4.69) is 59.6 Å². The molecule has 0 spiro atoms. The standard InChI is InChI=1S/C24H13ClN2/c25-24-23(26-19-6-1-2-7-20(19)27-24)18-13-11-16-9-8-14-4-3-5-15-10-12-17(18)22(16)21(14)15/h1-13H. The van der Waals surface area contributed by atoms with Gasteiger partial charge < -0.3 is 0 Å². The number of benzene rings is 5. The van der Waals surface area contributed by atoms with E-state index in [1.165, 1.54) is 26.9 Å². The van der Waals surface area contributed by atoms with Crippen LogP contribution in [0.25, 0.3) is 54.6 Å². The Labute approximate surface area is 160 Å². The van der Waals surface area contributed by atoms with Gasteiger partial charge in [-0.05, 0) is 44.5 Å². The summed E-state index contributed by atoms with van der Waals surface area (Å²) < 4.78 is 0. The smallest absolute Gasteiger partial charge is 0.156 e. The number of nitrogens with zero attached hydrogens (tertiary/aromatic N) is 2. The average molecular weight is 365 g/mol. The summed E-state index contributed by atoms with van der Waals surface area (Å²) >= 11 is 6.55. The topological polar surface area (TPSA) is 25.8 Å². The van der Waals surface area contributed by atoms with E-state index in [1.807, 2.05) is 24.3 Å². The summed E-state index contributed by atoms with van der Waals surface area (Å²) in [7, 11) is 0. The fraction of sp³-hybridized carbons (Fsp3) is 0. The summed E-state index contributed by atoms with van der Waals surface area (Å²) in [6.45, 7) is 0. The van der Waals surface area contributed by atoms with Crippen molar-refractivity contribution in [2.75, 3.05) is 0 Å². The van der Waals surface area contributed by atoms with Gasteiger partial charge in [0.15, 0.2) is 5.15 Å². The molecule has 0 saturated carbocycles. The Morgan fingerprint density at radius 3 is 1.96 bits per heavy atom. The predicted octanol–water partition coefficient (Wildman–Crippen LogP) is 6.85. The maximum atomic E-state index is 6.55. The van der Waals surface area contributed by atoms with Gasteiger partial charge in [-0.1, -0.05) is 78.3 Å². The number of hydrogen-bond acceptors (Lipinski definition) is 2. The van der Waals surface area contributed by atoms with Gasteiger partial charge in [0.2, 0.25) is 0 Å². The SMILES string of the molecule is Clc1nc2ccccc2nc1-c1ccc2ccc3cccc4ccc1c2c34. The molecule has 0 aliphatic heterocycles. The summed E-state index contributed by atoms with van der Waals surface area (Å²) in [5, 5.41) is 7.86. The monoisotopic (exact) mass is 364 g/mol. The predicted molar refractivity (Wildman–Crippen MR) is 114 cm³/mol. The van der Waals surface area contributed by atoms with Gasteiger partial charge in [-0.3, -0.25) is 0 Å². The number of rotatable bonds is 1. The van der Waals surface area contributed by atoms with Gasteiger partial charge in [0.1, 0.15) is 5.69 Å². The van der Waals surface area contributed by atoms with Crippen LogP contribution >= 0.6 is 11.6 Å². The third-order valence-corrected chi connectivity index (χ3v) is 5.58. The molecule has 27 heavy (non-hydrogen) atoms. The lowest BCUT2D eigenvalue weighted by Crippen LogP contribution is -1.93. The molecule has 2 nitrogen and oxygen atoms in total. The zero-order valence-corrected chi connectivity index (χ0v) is 15.0. The number of halogens is 1. The van der Waals surface area contributed by atoms with Gasteiger partial charge in [0, 0.05) is 5.56 Å². The van der Waals surface area contributed by atoms with Gasteiger partial charge in [0.25, 0.3) is 0 Å². The molecule has 1 heterocycles. The Morgan fingerprint density at radius 1 is 0.556 bits per heavy atom. The summed E-state index contributed by atoms with van der Waals surface area (Å²) in [4.78, 5) is 9.40. The molecule has 0 aliphatic carbocycles. The third kappa shape index (κ3) is 2.08. The van der Waals surface area contributed by atoms with Crippen molar-refractivity contribution in [3.05, 3.63) is 84.0 Å². The molecule has 6 aromatic rings. The molecule has 6 rings (SSSR count). The first kappa shape index (κ1) is 14.9. The first-order chi connectivity index (χ1) is 13.3. The highest BCUT2D eigenvalue weighted by Crippen LogP contribution is 2.40. The number of para-hydroxylation sites is 2. The normalized spacial score (nSPS) is 11.9. The second kappa shape index (κ2) is 5.38. The van der Waals surface area contributed by atoms with Crippen LogP contribution in [-0.2, 0) is 0 Å².